The Morgan fingerprint density at radius 2 is 1.74 bits per heavy atom. The van der Waals surface area contributed by atoms with Crippen molar-refractivity contribution < 1.29 is 19.1 Å². The van der Waals surface area contributed by atoms with Gasteiger partial charge in [-0.05, 0) is 74.0 Å². The predicted octanol–water partition coefficient (Wildman–Crippen LogP) is 5.85. The predicted molar refractivity (Wildman–Crippen MR) is 145 cm³/mol. The van der Waals surface area contributed by atoms with Gasteiger partial charge in [-0.2, -0.15) is 0 Å². The van der Waals surface area contributed by atoms with E-state index in [0.29, 0.717) is 22.1 Å². The van der Waals surface area contributed by atoms with Gasteiger partial charge in [0.2, 0.25) is 12.7 Å². The molecule has 0 saturated heterocycles. The van der Waals surface area contributed by atoms with Gasteiger partial charge in [0.25, 0.3) is 5.91 Å². The zero-order valence-electron chi connectivity index (χ0n) is 21.0. The Morgan fingerprint density at radius 1 is 0.947 bits per heavy atom. The Kier molecular flexibility index (Phi) is 6.08. The third-order valence-electron chi connectivity index (χ3n) is 6.96. The lowest BCUT2D eigenvalue weighted by Gasteiger charge is -2.40. The van der Waals surface area contributed by atoms with Gasteiger partial charge in [-0.1, -0.05) is 35.9 Å². The molecule has 0 saturated carbocycles. The maximum Gasteiger partial charge on any atom is 0.254 e. The van der Waals surface area contributed by atoms with E-state index in [1.807, 2.05) is 80.7 Å². The van der Waals surface area contributed by atoms with E-state index in [4.69, 9.17) is 21.1 Å². The van der Waals surface area contributed by atoms with Gasteiger partial charge < -0.3 is 18.9 Å². The normalized spacial score (nSPS) is 15.3. The molecule has 2 aliphatic rings. The Hall–Kier alpha value is -4.23. The van der Waals surface area contributed by atoms with Crippen LogP contribution in [0.25, 0.3) is 5.69 Å². The molecular formula is C30H26ClN3O4. The third kappa shape index (κ3) is 4.09. The zero-order chi connectivity index (χ0) is 26.4. The number of carbonyl (C=O) groups is 2. The van der Waals surface area contributed by atoms with Crippen molar-refractivity contribution in [3.05, 3.63) is 107 Å². The van der Waals surface area contributed by atoms with E-state index in [1.54, 1.807) is 28.0 Å². The molecule has 0 aliphatic carbocycles. The summed E-state index contributed by atoms with van der Waals surface area (Å²) in [5.74, 6) is 0.681. The Bertz CT molecular complexity index is 1550. The quantitative estimate of drug-likeness (QED) is 0.327. The molecule has 38 heavy (non-hydrogen) atoms. The molecule has 0 N–H and O–H groups in total. The second-order valence-electron chi connectivity index (χ2n) is 9.61. The summed E-state index contributed by atoms with van der Waals surface area (Å²) in [6, 6.07) is 23.8. The molecule has 1 aromatic heterocycles. The van der Waals surface area contributed by atoms with E-state index in [-0.39, 0.29) is 31.2 Å². The number of ether oxygens (including phenoxy) is 2. The molecule has 192 valence electrons. The maximum atomic E-state index is 14.2. The van der Waals surface area contributed by atoms with Crippen LogP contribution in [-0.4, -0.2) is 40.7 Å². The van der Waals surface area contributed by atoms with E-state index in [1.165, 1.54) is 0 Å². The topological polar surface area (TPSA) is 64.0 Å². The molecule has 0 radical (unpaired) electrons. The number of aromatic nitrogens is 1. The molecule has 3 heterocycles. The van der Waals surface area contributed by atoms with Gasteiger partial charge >= 0.3 is 0 Å². The minimum Gasteiger partial charge on any atom is -0.454 e. The average molecular weight is 528 g/mol. The number of benzene rings is 3. The number of halogens is 1. The largest absolute Gasteiger partial charge is 0.454 e. The summed E-state index contributed by atoms with van der Waals surface area (Å²) >= 11 is 6.39. The molecule has 2 aliphatic heterocycles. The highest BCUT2D eigenvalue weighted by Crippen LogP contribution is 2.43. The van der Waals surface area contributed by atoms with E-state index in [9.17, 15) is 9.59 Å². The van der Waals surface area contributed by atoms with Crippen LogP contribution in [0.5, 0.6) is 11.5 Å². The first-order valence-corrected chi connectivity index (χ1v) is 12.8. The van der Waals surface area contributed by atoms with Crippen LogP contribution in [0, 0.1) is 0 Å². The molecule has 1 unspecified atom stereocenters. The van der Waals surface area contributed by atoms with Gasteiger partial charge in [-0.15, -0.1) is 0 Å². The van der Waals surface area contributed by atoms with Crippen molar-refractivity contribution in [3.8, 4) is 17.2 Å². The van der Waals surface area contributed by atoms with Gasteiger partial charge in [0.1, 0.15) is 12.6 Å². The first kappa shape index (κ1) is 24.1. The number of carbonyl (C=O) groups excluding carboxylic acids is 2. The SMILES string of the molecule is CC(C)N(CC(=O)N1c2ccccc2-n2cccc2C1c1cccc(Cl)c1)C(=O)c1ccc2c(c1)OCO2. The highest BCUT2D eigenvalue weighted by atomic mass is 35.5. The minimum atomic E-state index is -0.416. The second kappa shape index (κ2) is 9.58. The number of hydrogen-bond acceptors (Lipinski definition) is 4. The first-order chi connectivity index (χ1) is 18.4. The van der Waals surface area contributed by atoms with Crippen LogP contribution in [-0.2, 0) is 4.79 Å². The lowest BCUT2D eigenvalue weighted by atomic mass is 9.97. The molecule has 6 rings (SSSR count). The molecule has 2 amide bonds. The van der Waals surface area contributed by atoms with Crippen LogP contribution >= 0.6 is 11.6 Å². The van der Waals surface area contributed by atoms with Crippen LogP contribution in [0.3, 0.4) is 0 Å². The molecule has 1 atom stereocenters. The van der Waals surface area contributed by atoms with Crippen molar-refractivity contribution in [1.29, 1.82) is 0 Å². The van der Waals surface area contributed by atoms with Gasteiger partial charge in [0.15, 0.2) is 11.5 Å². The number of fused-ring (bicyclic) bond motifs is 4. The Morgan fingerprint density at radius 3 is 2.53 bits per heavy atom. The first-order valence-electron chi connectivity index (χ1n) is 12.5. The molecule has 8 heteroatoms. The number of hydrogen-bond donors (Lipinski definition) is 0. The number of anilines is 1. The lowest BCUT2D eigenvalue weighted by molar-refractivity contribution is -0.120. The Labute approximate surface area is 225 Å². The lowest BCUT2D eigenvalue weighted by Crippen LogP contribution is -2.48. The summed E-state index contributed by atoms with van der Waals surface area (Å²) in [6.45, 7) is 3.83. The zero-order valence-corrected chi connectivity index (χ0v) is 21.8. The maximum absolute atomic E-state index is 14.2. The van der Waals surface area contributed by atoms with Crippen molar-refractivity contribution in [1.82, 2.24) is 9.47 Å². The van der Waals surface area contributed by atoms with Gasteiger partial charge in [-0.3, -0.25) is 14.5 Å². The molecule has 3 aromatic carbocycles. The second-order valence-corrected chi connectivity index (χ2v) is 10.0. The van der Waals surface area contributed by atoms with Gasteiger partial charge in [0, 0.05) is 22.8 Å². The highest BCUT2D eigenvalue weighted by Gasteiger charge is 2.37. The van der Waals surface area contributed by atoms with Gasteiger partial charge in [-0.25, -0.2) is 0 Å². The standard InChI is InChI=1S/C30H26ClN3O4/c1-19(2)33(30(36)21-12-13-26-27(16-21)38-18-37-26)17-28(35)34-24-10-4-3-9-23(24)32-14-6-11-25(32)29(34)20-7-5-8-22(31)15-20/h3-16,19,29H,17-18H2,1-2H3. The van der Waals surface area contributed by atoms with Crippen molar-refractivity contribution >= 4 is 29.1 Å². The number of rotatable bonds is 5. The van der Waals surface area contributed by atoms with Crippen molar-refractivity contribution in [2.45, 2.75) is 25.9 Å². The van der Waals surface area contributed by atoms with E-state index >= 15 is 0 Å². The van der Waals surface area contributed by atoms with Crippen LogP contribution in [0.1, 0.15) is 41.5 Å². The van der Waals surface area contributed by atoms with Crippen molar-refractivity contribution in [2.24, 2.45) is 0 Å². The molecular weight excluding hydrogens is 502 g/mol. The van der Waals surface area contributed by atoms with Crippen LogP contribution < -0.4 is 14.4 Å². The molecule has 7 nitrogen and oxygen atoms in total. The molecule has 0 bridgehead atoms. The smallest absolute Gasteiger partial charge is 0.254 e. The monoisotopic (exact) mass is 527 g/mol. The van der Waals surface area contributed by atoms with E-state index in [2.05, 4.69) is 4.57 Å². The average Bonchev–Trinajstić information content (AvgIpc) is 3.60. The number of para-hydroxylation sites is 2. The third-order valence-corrected chi connectivity index (χ3v) is 7.20. The molecule has 0 fully saturated rings. The summed E-state index contributed by atoms with van der Waals surface area (Å²) in [5.41, 5.74) is 3.94. The molecule has 4 aromatic rings. The van der Waals surface area contributed by atoms with Crippen molar-refractivity contribution in [2.75, 3.05) is 18.2 Å². The van der Waals surface area contributed by atoms with Crippen LogP contribution in [0.4, 0.5) is 5.69 Å². The summed E-state index contributed by atoms with van der Waals surface area (Å²) in [5, 5.41) is 0.591. The summed E-state index contributed by atoms with van der Waals surface area (Å²) in [7, 11) is 0. The molecule has 0 spiro atoms. The van der Waals surface area contributed by atoms with Crippen molar-refractivity contribution in [3.63, 3.8) is 0 Å². The highest BCUT2D eigenvalue weighted by molar-refractivity contribution is 6.30. The number of nitrogens with zero attached hydrogens (tertiary/aromatic N) is 3. The fraction of sp³-hybridized carbons (Fsp3) is 0.200. The van der Waals surface area contributed by atoms with Crippen LogP contribution in [0.2, 0.25) is 5.02 Å². The summed E-state index contributed by atoms with van der Waals surface area (Å²) < 4.78 is 12.9. The fourth-order valence-electron chi connectivity index (χ4n) is 5.16. The van der Waals surface area contributed by atoms with Crippen LogP contribution in [0.15, 0.2) is 85.1 Å². The number of amides is 2. The van der Waals surface area contributed by atoms with E-state index < -0.39 is 6.04 Å². The van der Waals surface area contributed by atoms with Gasteiger partial charge in [0.05, 0.1) is 17.1 Å². The Balaban J connectivity index is 1.39. The summed E-state index contributed by atoms with van der Waals surface area (Å²) in [6.07, 6.45) is 2.00. The summed E-state index contributed by atoms with van der Waals surface area (Å²) in [4.78, 5) is 31.3. The minimum absolute atomic E-state index is 0.100. The fourth-order valence-corrected chi connectivity index (χ4v) is 5.36. The van der Waals surface area contributed by atoms with E-state index in [0.717, 1.165) is 22.6 Å².